The van der Waals surface area contributed by atoms with Gasteiger partial charge in [-0.05, 0) is 36.2 Å². The first-order chi connectivity index (χ1) is 10.1. The third-order valence-corrected chi connectivity index (χ3v) is 4.72. The Morgan fingerprint density at radius 1 is 1.14 bits per heavy atom. The summed E-state index contributed by atoms with van der Waals surface area (Å²) in [5, 5.41) is 0. The van der Waals surface area contributed by atoms with E-state index in [1.807, 2.05) is 50.4 Å². The van der Waals surface area contributed by atoms with E-state index >= 15 is 0 Å². The maximum absolute atomic E-state index is 14.1. The van der Waals surface area contributed by atoms with Gasteiger partial charge >= 0.3 is 0 Å². The highest BCUT2D eigenvalue weighted by Gasteiger charge is 2.13. The van der Waals surface area contributed by atoms with E-state index in [0.29, 0.717) is 12.4 Å². The first-order valence-corrected chi connectivity index (χ1v) is 7.51. The predicted octanol–water partition coefficient (Wildman–Crippen LogP) is 4.78. The summed E-state index contributed by atoms with van der Waals surface area (Å²) < 4.78 is 21.7. The molecular formula is C17H16FNOS. The van der Waals surface area contributed by atoms with E-state index in [-0.39, 0.29) is 5.82 Å². The molecule has 1 heterocycles. The van der Waals surface area contributed by atoms with E-state index in [9.17, 15) is 4.39 Å². The van der Waals surface area contributed by atoms with Crippen LogP contribution in [0.25, 0.3) is 10.4 Å². The zero-order chi connectivity index (χ0) is 14.8. The number of aryl methyl sites for hydroxylation is 1. The number of hydrogen-bond acceptors (Lipinski definition) is 2. The molecule has 4 heteroatoms. The second-order valence-corrected chi connectivity index (χ2v) is 6.06. The molecule has 0 bridgehead atoms. The second-order valence-electron chi connectivity index (χ2n) is 4.92. The van der Waals surface area contributed by atoms with Crippen LogP contribution in [0.5, 0.6) is 5.75 Å². The van der Waals surface area contributed by atoms with E-state index in [2.05, 4.69) is 3.96 Å². The third kappa shape index (κ3) is 2.85. The summed E-state index contributed by atoms with van der Waals surface area (Å²) >= 11 is 1.62. The molecule has 0 radical (unpaired) electrons. The Hall–Kier alpha value is -2.07. The molecule has 108 valence electrons. The SMILES string of the molecule is Cc1c(-c2ccc(OCc3ccccc3)c(F)c2)sn1C. The quantitative estimate of drug-likeness (QED) is 0.676. The van der Waals surface area contributed by atoms with Crippen LogP contribution in [0.3, 0.4) is 0 Å². The lowest BCUT2D eigenvalue weighted by atomic mass is 10.1. The van der Waals surface area contributed by atoms with Gasteiger partial charge in [-0.25, -0.2) is 4.39 Å². The average Bonchev–Trinajstić information content (AvgIpc) is 2.52. The number of rotatable bonds is 4. The van der Waals surface area contributed by atoms with Crippen molar-refractivity contribution in [3.63, 3.8) is 0 Å². The molecule has 0 aliphatic carbocycles. The van der Waals surface area contributed by atoms with Gasteiger partial charge in [0.15, 0.2) is 11.6 Å². The van der Waals surface area contributed by atoms with Crippen LogP contribution in [0, 0.1) is 12.7 Å². The molecule has 3 aromatic rings. The highest BCUT2D eigenvalue weighted by Crippen LogP contribution is 2.34. The largest absolute Gasteiger partial charge is 0.486 e. The topological polar surface area (TPSA) is 14.2 Å². The van der Waals surface area contributed by atoms with Gasteiger partial charge < -0.3 is 8.69 Å². The monoisotopic (exact) mass is 301 g/mol. The fourth-order valence-electron chi connectivity index (χ4n) is 2.13. The van der Waals surface area contributed by atoms with Crippen molar-refractivity contribution in [1.29, 1.82) is 0 Å². The van der Waals surface area contributed by atoms with Gasteiger partial charge in [-0.1, -0.05) is 41.9 Å². The minimum atomic E-state index is -0.320. The van der Waals surface area contributed by atoms with E-state index in [0.717, 1.165) is 21.7 Å². The van der Waals surface area contributed by atoms with E-state index in [1.165, 1.54) is 0 Å². The minimum absolute atomic E-state index is 0.290. The average molecular weight is 301 g/mol. The molecule has 0 aliphatic heterocycles. The normalized spacial score (nSPS) is 10.8. The van der Waals surface area contributed by atoms with Crippen LogP contribution in [0.2, 0.25) is 0 Å². The van der Waals surface area contributed by atoms with Crippen molar-refractivity contribution in [3.05, 3.63) is 65.6 Å². The van der Waals surface area contributed by atoms with Crippen molar-refractivity contribution >= 4 is 11.5 Å². The predicted molar refractivity (Wildman–Crippen MR) is 84.2 cm³/mol. The molecule has 0 unspecified atom stereocenters. The summed E-state index contributed by atoms with van der Waals surface area (Å²) in [5.41, 5.74) is 3.09. The first kappa shape index (κ1) is 13.9. The number of halogens is 1. The summed E-state index contributed by atoms with van der Waals surface area (Å²) in [5.74, 6) is -0.0302. The van der Waals surface area contributed by atoms with Crippen LogP contribution in [0.1, 0.15) is 11.3 Å². The lowest BCUT2D eigenvalue weighted by Gasteiger charge is -2.16. The number of benzene rings is 2. The van der Waals surface area contributed by atoms with Crippen molar-refractivity contribution in [3.8, 4) is 16.2 Å². The number of aromatic nitrogens is 1. The Bertz CT molecular complexity index is 745. The molecular weight excluding hydrogens is 285 g/mol. The van der Waals surface area contributed by atoms with Gasteiger partial charge in [0, 0.05) is 12.7 Å². The van der Waals surface area contributed by atoms with Crippen molar-refractivity contribution in [2.75, 3.05) is 0 Å². The Morgan fingerprint density at radius 2 is 1.90 bits per heavy atom. The zero-order valence-electron chi connectivity index (χ0n) is 12.0. The lowest BCUT2D eigenvalue weighted by molar-refractivity contribution is 0.290. The summed E-state index contributed by atoms with van der Waals surface area (Å²) in [7, 11) is 2.00. The minimum Gasteiger partial charge on any atom is -0.486 e. The van der Waals surface area contributed by atoms with E-state index in [4.69, 9.17) is 4.74 Å². The highest BCUT2D eigenvalue weighted by atomic mass is 32.1. The summed E-state index contributed by atoms with van der Waals surface area (Å²) in [6.07, 6.45) is 0. The van der Waals surface area contributed by atoms with Gasteiger partial charge in [-0.2, -0.15) is 0 Å². The number of hydrogen-bond donors (Lipinski definition) is 0. The van der Waals surface area contributed by atoms with Crippen LogP contribution in [-0.4, -0.2) is 3.96 Å². The van der Waals surface area contributed by atoms with Crippen LogP contribution in [0.4, 0.5) is 4.39 Å². The number of ether oxygens (including phenoxy) is 1. The Morgan fingerprint density at radius 3 is 2.52 bits per heavy atom. The molecule has 0 spiro atoms. The summed E-state index contributed by atoms with van der Waals surface area (Å²) in [6, 6.07) is 14.9. The fourth-order valence-corrected chi connectivity index (χ4v) is 3.00. The molecule has 0 atom stereocenters. The molecule has 0 saturated carbocycles. The molecule has 0 N–H and O–H groups in total. The van der Waals surface area contributed by atoms with Crippen molar-refractivity contribution in [2.24, 2.45) is 7.05 Å². The Kier molecular flexibility index (Phi) is 3.80. The summed E-state index contributed by atoms with van der Waals surface area (Å²) in [4.78, 5) is 1.12. The molecule has 2 aromatic carbocycles. The molecule has 0 fully saturated rings. The van der Waals surface area contributed by atoms with Crippen LogP contribution in [0.15, 0.2) is 48.5 Å². The standard InChI is InChI=1S/C17H16FNOS/c1-12-17(21-19(12)2)14-8-9-16(15(18)10-14)20-11-13-6-4-3-5-7-13/h3-10H,11H2,1-2H3. The van der Waals surface area contributed by atoms with Crippen molar-refractivity contribution in [1.82, 2.24) is 3.96 Å². The third-order valence-electron chi connectivity index (χ3n) is 3.46. The molecule has 1 aromatic heterocycles. The van der Waals surface area contributed by atoms with Gasteiger partial charge in [0.2, 0.25) is 0 Å². The van der Waals surface area contributed by atoms with Crippen LogP contribution < -0.4 is 4.74 Å². The highest BCUT2D eigenvalue weighted by molar-refractivity contribution is 7.11. The first-order valence-electron chi connectivity index (χ1n) is 6.74. The maximum Gasteiger partial charge on any atom is 0.165 e. The fraction of sp³-hybridized carbons (Fsp3) is 0.176. The molecule has 3 rings (SSSR count). The van der Waals surface area contributed by atoms with Crippen molar-refractivity contribution < 1.29 is 9.13 Å². The van der Waals surface area contributed by atoms with E-state index in [1.54, 1.807) is 23.7 Å². The van der Waals surface area contributed by atoms with Crippen LogP contribution >= 0.6 is 11.5 Å². The van der Waals surface area contributed by atoms with Gasteiger partial charge in [0.05, 0.1) is 4.88 Å². The van der Waals surface area contributed by atoms with E-state index < -0.39 is 0 Å². The van der Waals surface area contributed by atoms with Gasteiger partial charge in [-0.15, -0.1) is 0 Å². The molecule has 21 heavy (non-hydrogen) atoms. The second kappa shape index (κ2) is 5.74. The molecule has 0 aliphatic rings. The molecule has 2 nitrogen and oxygen atoms in total. The smallest absolute Gasteiger partial charge is 0.165 e. The van der Waals surface area contributed by atoms with Crippen LogP contribution in [-0.2, 0) is 13.7 Å². The Labute approximate surface area is 127 Å². The molecule has 0 amide bonds. The van der Waals surface area contributed by atoms with Gasteiger partial charge in [0.25, 0.3) is 0 Å². The lowest BCUT2D eigenvalue weighted by Crippen LogP contribution is -2.01. The maximum atomic E-state index is 14.1. The van der Waals surface area contributed by atoms with Crippen molar-refractivity contribution in [2.45, 2.75) is 13.5 Å². The Balaban J connectivity index is 1.75. The van der Waals surface area contributed by atoms with Gasteiger partial charge in [-0.3, -0.25) is 0 Å². The zero-order valence-corrected chi connectivity index (χ0v) is 12.8. The van der Waals surface area contributed by atoms with Gasteiger partial charge in [0.1, 0.15) is 6.61 Å². The summed E-state index contributed by atoms with van der Waals surface area (Å²) in [6.45, 7) is 2.40. The number of nitrogens with zero attached hydrogens (tertiary/aromatic N) is 1. The molecule has 0 saturated heterocycles.